The molecule has 2 aromatic rings. The maximum Gasteiger partial charge on any atom is 0.162 e. The fourth-order valence-electron chi connectivity index (χ4n) is 2.04. The molecule has 0 aliphatic heterocycles. The van der Waals surface area contributed by atoms with E-state index < -0.39 is 5.82 Å². The molecule has 0 spiro atoms. The van der Waals surface area contributed by atoms with Crippen molar-refractivity contribution < 1.29 is 13.9 Å². The third-order valence-electron chi connectivity index (χ3n) is 3.21. The zero-order valence-electron chi connectivity index (χ0n) is 12.1. The van der Waals surface area contributed by atoms with Gasteiger partial charge in [-0.1, -0.05) is 17.7 Å². The lowest BCUT2D eigenvalue weighted by Crippen LogP contribution is -2.07. The van der Waals surface area contributed by atoms with Crippen molar-refractivity contribution in [3.63, 3.8) is 0 Å². The summed E-state index contributed by atoms with van der Waals surface area (Å²) in [4.78, 5) is 0. The molecule has 2 rings (SSSR count). The Morgan fingerprint density at radius 1 is 1.05 bits per heavy atom. The van der Waals surface area contributed by atoms with Crippen LogP contribution in [-0.2, 0) is 0 Å². The van der Waals surface area contributed by atoms with Gasteiger partial charge in [0.05, 0.1) is 19.2 Å². The molecule has 0 fully saturated rings. The van der Waals surface area contributed by atoms with E-state index in [0.29, 0.717) is 11.5 Å². The van der Waals surface area contributed by atoms with Gasteiger partial charge in [0, 0.05) is 17.8 Å². The summed E-state index contributed by atoms with van der Waals surface area (Å²) in [5.41, 5.74) is 1.77. The van der Waals surface area contributed by atoms with Crippen LogP contribution in [0.5, 0.6) is 11.5 Å². The highest BCUT2D eigenvalue weighted by Gasteiger charge is 2.10. The first-order chi connectivity index (χ1) is 10.0. The van der Waals surface area contributed by atoms with Gasteiger partial charge in [-0.3, -0.25) is 0 Å². The molecule has 1 N–H and O–H groups in total. The van der Waals surface area contributed by atoms with Crippen molar-refractivity contribution in [3.8, 4) is 11.5 Å². The smallest absolute Gasteiger partial charge is 0.162 e. The number of ether oxygens (including phenoxy) is 2. The van der Waals surface area contributed by atoms with Crippen LogP contribution in [0.1, 0.15) is 18.5 Å². The minimum Gasteiger partial charge on any atom is -0.493 e. The molecule has 0 radical (unpaired) electrons. The van der Waals surface area contributed by atoms with Crippen molar-refractivity contribution in [2.75, 3.05) is 19.5 Å². The van der Waals surface area contributed by atoms with E-state index >= 15 is 0 Å². The molecule has 3 nitrogen and oxygen atoms in total. The molecule has 5 heteroatoms. The van der Waals surface area contributed by atoms with Gasteiger partial charge in [-0.15, -0.1) is 0 Å². The zero-order chi connectivity index (χ0) is 15.4. The van der Waals surface area contributed by atoms with E-state index in [9.17, 15) is 4.39 Å². The summed E-state index contributed by atoms with van der Waals surface area (Å²) in [6, 6.07) is 10.2. The first-order valence-electron chi connectivity index (χ1n) is 6.48. The van der Waals surface area contributed by atoms with Crippen molar-refractivity contribution in [2.24, 2.45) is 0 Å². The lowest BCUT2D eigenvalue weighted by Gasteiger charge is -2.17. The van der Waals surface area contributed by atoms with E-state index in [-0.39, 0.29) is 11.1 Å². The van der Waals surface area contributed by atoms with Gasteiger partial charge in [-0.05, 0) is 36.8 Å². The predicted octanol–water partition coefficient (Wildman–Crippen LogP) is 4.67. The Labute approximate surface area is 128 Å². The van der Waals surface area contributed by atoms with Gasteiger partial charge in [0.15, 0.2) is 11.5 Å². The summed E-state index contributed by atoms with van der Waals surface area (Å²) in [6.07, 6.45) is 0. The number of hydrogen-bond donors (Lipinski definition) is 1. The summed E-state index contributed by atoms with van der Waals surface area (Å²) in [7, 11) is 3.18. The maximum absolute atomic E-state index is 13.2. The van der Waals surface area contributed by atoms with E-state index in [2.05, 4.69) is 5.32 Å². The van der Waals surface area contributed by atoms with E-state index in [4.69, 9.17) is 21.1 Å². The molecule has 2 aromatic carbocycles. The van der Waals surface area contributed by atoms with Crippen LogP contribution in [0.3, 0.4) is 0 Å². The van der Waals surface area contributed by atoms with E-state index in [1.54, 1.807) is 26.4 Å². The Kier molecular flexibility index (Phi) is 4.91. The van der Waals surface area contributed by atoms with Gasteiger partial charge in [-0.2, -0.15) is 0 Å². The molecule has 1 atom stereocenters. The van der Waals surface area contributed by atoms with Gasteiger partial charge in [0.1, 0.15) is 5.82 Å². The third-order valence-corrected chi connectivity index (χ3v) is 3.50. The van der Waals surface area contributed by atoms with Crippen LogP contribution in [0.4, 0.5) is 10.1 Å². The van der Waals surface area contributed by atoms with Crippen LogP contribution in [0.15, 0.2) is 36.4 Å². The standard InChI is InChI=1S/C16H17ClFNO2/c1-10(11-4-6-14(18)13(17)8-11)19-12-5-7-15(20-2)16(9-12)21-3/h4-10,19H,1-3H3. The second-order valence-corrected chi connectivity index (χ2v) is 5.02. The number of anilines is 1. The summed E-state index contributed by atoms with van der Waals surface area (Å²) in [6.45, 7) is 1.97. The molecular weight excluding hydrogens is 293 g/mol. The van der Waals surface area contributed by atoms with Gasteiger partial charge in [0.25, 0.3) is 0 Å². The van der Waals surface area contributed by atoms with Gasteiger partial charge < -0.3 is 14.8 Å². The minimum absolute atomic E-state index is 0.0267. The Bertz CT molecular complexity index is 634. The number of methoxy groups -OCH3 is 2. The summed E-state index contributed by atoms with van der Waals surface area (Å²) in [5.74, 6) is 0.895. The molecule has 0 aliphatic rings. The molecule has 0 aromatic heterocycles. The topological polar surface area (TPSA) is 30.5 Å². The minimum atomic E-state index is -0.418. The van der Waals surface area contributed by atoms with Crippen LogP contribution in [0.25, 0.3) is 0 Å². The van der Waals surface area contributed by atoms with Gasteiger partial charge >= 0.3 is 0 Å². The number of benzene rings is 2. The van der Waals surface area contributed by atoms with Crippen LogP contribution < -0.4 is 14.8 Å². The quantitative estimate of drug-likeness (QED) is 0.870. The molecule has 112 valence electrons. The largest absolute Gasteiger partial charge is 0.493 e. The fraction of sp³-hybridized carbons (Fsp3) is 0.250. The maximum atomic E-state index is 13.2. The number of halogens is 2. The molecular formula is C16H17ClFNO2. The van der Waals surface area contributed by atoms with Crippen molar-refractivity contribution >= 4 is 17.3 Å². The number of nitrogens with one attached hydrogen (secondary N) is 1. The highest BCUT2D eigenvalue weighted by molar-refractivity contribution is 6.30. The second-order valence-electron chi connectivity index (χ2n) is 4.61. The second kappa shape index (κ2) is 6.68. The van der Waals surface area contributed by atoms with Crippen molar-refractivity contribution in [2.45, 2.75) is 13.0 Å². The highest BCUT2D eigenvalue weighted by Crippen LogP contribution is 2.31. The molecule has 0 amide bonds. The Morgan fingerprint density at radius 3 is 2.38 bits per heavy atom. The van der Waals surface area contributed by atoms with Crippen LogP contribution >= 0.6 is 11.6 Å². The molecule has 0 saturated heterocycles. The predicted molar refractivity (Wildman–Crippen MR) is 83.0 cm³/mol. The summed E-state index contributed by atoms with van der Waals surface area (Å²) in [5, 5.41) is 3.43. The lowest BCUT2D eigenvalue weighted by molar-refractivity contribution is 0.355. The van der Waals surface area contributed by atoms with Crippen molar-refractivity contribution in [3.05, 3.63) is 52.8 Å². The molecule has 1 unspecified atom stereocenters. The zero-order valence-corrected chi connectivity index (χ0v) is 12.9. The molecule has 21 heavy (non-hydrogen) atoms. The lowest BCUT2D eigenvalue weighted by atomic mass is 10.1. The fourth-order valence-corrected chi connectivity index (χ4v) is 2.23. The Hall–Kier alpha value is -1.94. The molecule has 0 saturated carbocycles. The van der Waals surface area contributed by atoms with E-state index in [1.165, 1.54) is 6.07 Å². The van der Waals surface area contributed by atoms with Gasteiger partial charge in [-0.25, -0.2) is 4.39 Å². The molecule has 0 bridgehead atoms. The normalized spacial score (nSPS) is 11.9. The van der Waals surface area contributed by atoms with Crippen LogP contribution in [-0.4, -0.2) is 14.2 Å². The summed E-state index contributed by atoms with van der Waals surface area (Å²) < 4.78 is 23.6. The number of rotatable bonds is 5. The number of hydrogen-bond acceptors (Lipinski definition) is 3. The molecule has 0 heterocycles. The van der Waals surface area contributed by atoms with Crippen molar-refractivity contribution in [1.82, 2.24) is 0 Å². The Morgan fingerprint density at radius 2 is 1.76 bits per heavy atom. The average Bonchev–Trinajstić information content (AvgIpc) is 2.49. The third kappa shape index (κ3) is 3.58. The molecule has 0 aliphatic carbocycles. The average molecular weight is 310 g/mol. The highest BCUT2D eigenvalue weighted by atomic mass is 35.5. The SMILES string of the molecule is COc1ccc(NC(C)c2ccc(F)c(Cl)c2)cc1OC. The Balaban J connectivity index is 2.18. The first-order valence-corrected chi connectivity index (χ1v) is 6.86. The monoisotopic (exact) mass is 309 g/mol. The van der Waals surface area contributed by atoms with Crippen LogP contribution in [0.2, 0.25) is 5.02 Å². The van der Waals surface area contributed by atoms with Gasteiger partial charge in [0.2, 0.25) is 0 Å². The first kappa shape index (κ1) is 15.4. The van der Waals surface area contributed by atoms with Crippen molar-refractivity contribution in [1.29, 1.82) is 0 Å². The van der Waals surface area contributed by atoms with E-state index in [0.717, 1.165) is 11.3 Å². The van der Waals surface area contributed by atoms with Crippen LogP contribution in [0, 0.1) is 5.82 Å². The summed E-state index contributed by atoms with van der Waals surface area (Å²) >= 11 is 5.81. The van der Waals surface area contributed by atoms with E-state index in [1.807, 2.05) is 25.1 Å².